The minimum Gasteiger partial charge on any atom is -0.267 e. The first-order valence-corrected chi connectivity index (χ1v) is 6.21. The van der Waals surface area contributed by atoms with Crippen molar-refractivity contribution < 1.29 is 0 Å². The minimum atomic E-state index is 0.591. The van der Waals surface area contributed by atoms with Gasteiger partial charge in [-0.25, -0.2) is 0 Å². The van der Waals surface area contributed by atoms with Gasteiger partial charge in [-0.05, 0) is 33.0 Å². The predicted octanol–water partition coefficient (Wildman–Crippen LogP) is 3.82. The zero-order valence-corrected chi connectivity index (χ0v) is 11.1. The van der Waals surface area contributed by atoms with Crippen molar-refractivity contribution in [2.24, 2.45) is 0 Å². The van der Waals surface area contributed by atoms with Crippen LogP contribution in [0.5, 0.6) is 0 Å². The van der Waals surface area contributed by atoms with E-state index >= 15 is 0 Å². The van der Waals surface area contributed by atoms with Gasteiger partial charge >= 0.3 is 0 Å². The average molecular weight is 279 g/mol. The van der Waals surface area contributed by atoms with Gasteiger partial charge in [0.15, 0.2) is 0 Å². The van der Waals surface area contributed by atoms with Crippen LogP contribution in [0.1, 0.15) is 30.9 Å². The second-order valence-electron chi connectivity index (χ2n) is 4.25. The van der Waals surface area contributed by atoms with Crippen LogP contribution in [0.4, 0.5) is 0 Å². The largest absolute Gasteiger partial charge is 0.267 e. The Balaban J connectivity index is 2.11. The molecule has 0 aliphatic heterocycles. The van der Waals surface area contributed by atoms with Crippen LogP contribution in [0.25, 0.3) is 0 Å². The number of hydrogen-bond acceptors (Lipinski definition) is 1. The van der Waals surface area contributed by atoms with Gasteiger partial charge in [0.2, 0.25) is 0 Å². The van der Waals surface area contributed by atoms with E-state index in [0.29, 0.717) is 5.92 Å². The van der Waals surface area contributed by atoms with E-state index in [9.17, 15) is 0 Å². The van der Waals surface area contributed by atoms with Crippen molar-refractivity contribution in [1.29, 1.82) is 0 Å². The molecule has 16 heavy (non-hydrogen) atoms. The molecule has 2 aromatic rings. The second-order valence-corrected chi connectivity index (χ2v) is 5.17. The van der Waals surface area contributed by atoms with Crippen molar-refractivity contribution in [3.63, 3.8) is 0 Å². The molecule has 0 amide bonds. The van der Waals surface area contributed by atoms with Crippen LogP contribution in [0.15, 0.2) is 41.1 Å². The molecule has 0 unspecified atom stereocenters. The molecule has 2 nitrogen and oxygen atoms in total. The van der Waals surface area contributed by atoms with Crippen LogP contribution >= 0.6 is 15.9 Å². The first-order chi connectivity index (χ1) is 7.65. The Hall–Kier alpha value is -1.09. The minimum absolute atomic E-state index is 0.591. The molecule has 0 aliphatic carbocycles. The van der Waals surface area contributed by atoms with E-state index in [4.69, 9.17) is 0 Å². The molecule has 0 saturated carbocycles. The molecule has 0 aliphatic rings. The number of aromatic nitrogens is 2. The van der Waals surface area contributed by atoms with Crippen molar-refractivity contribution in [1.82, 2.24) is 9.78 Å². The fraction of sp³-hybridized carbons (Fsp3) is 0.308. The number of nitrogens with zero attached hydrogens (tertiary/aromatic N) is 2. The summed E-state index contributed by atoms with van der Waals surface area (Å²) < 4.78 is 2.94. The second kappa shape index (κ2) is 4.83. The van der Waals surface area contributed by atoms with Crippen molar-refractivity contribution >= 4 is 15.9 Å². The van der Waals surface area contributed by atoms with Crippen molar-refractivity contribution in [2.75, 3.05) is 0 Å². The van der Waals surface area contributed by atoms with Crippen molar-refractivity contribution in [3.05, 3.63) is 52.3 Å². The summed E-state index contributed by atoms with van der Waals surface area (Å²) in [6, 6.07) is 8.73. The lowest BCUT2D eigenvalue weighted by atomic mass is 10.0. The molecule has 3 heteroatoms. The molecule has 0 saturated heterocycles. The Morgan fingerprint density at radius 1 is 1.25 bits per heavy atom. The molecule has 1 aromatic heterocycles. The molecule has 0 spiro atoms. The van der Waals surface area contributed by atoms with Gasteiger partial charge < -0.3 is 0 Å². The molecule has 1 aromatic carbocycles. The lowest BCUT2D eigenvalue weighted by Gasteiger charge is -2.06. The summed E-state index contributed by atoms with van der Waals surface area (Å²) in [4.78, 5) is 0. The maximum atomic E-state index is 4.24. The summed E-state index contributed by atoms with van der Waals surface area (Å²) in [5.41, 5.74) is 2.66. The maximum Gasteiger partial charge on any atom is 0.0659 e. The number of rotatable bonds is 3. The Kier molecular flexibility index (Phi) is 3.44. The van der Waals surface area contributed by atoms with Gasteiger partial charge in [-0.3, -0.25) is 4.68 Å². The van der Waals surface area contributed by atoms with Gasteiger partial charge in [0.25, 0.3) is 0 Å². The smallest absolute Gasteiger partial charge is 0.0659 e. The molecule has 84 valence electrons. The highest BCUT2D eigenvalue weighted by Gasteiger charge is 2.00. The molecule has 0 atom stereocenters. The summed E-state index contributed by atoms with van der Waals surface area (Å²) in [6.07, 6.45) is 3.79. The van der Waals surface area contributed by atoms with Crippen LogP contribution < -0.4 is 0 Å². The summed E-state index contributed by atoms with van der Waals surface area (Å²) >= 11 is 3.39. The van der Waals surface area contributed by atoms with Crippen LogP contribution in [-0.4, -0.2) is 9.78 Å². The first kappa shape index (κ1) is 11.4. The standard InChI is InChI=1S/C13H15BrN2/c1-10(2)12-5-3-11(4-6-12)8-16-9-13(14)7-15-16/h3-7,9-10H,8H2,1-2H3. The van der Waals surface area contributed by atoms with Gasteiger partial charge in [-0.1, -0.05) is 38.1 Å². The van der Waals surface area contributed by atoms with E-state index < -0.39 is 0 Å². The SMILES string of the molecule is CC(C)c1ccc(Cn2cc(Br)cn2)cc1. The van der Waals surface area contributed by atoms with Gasteiger partial charge in [0, 0.05) is 6.20 Å². The first-order valence-electron chi connectivity index (χ1n) is 5.42. The number of benzene rings is 1. The Morgan fingerprint density at radius 2 is 1.94 bits per heavy atom. The third kappa shape index (κ3) is 2.73. The van der Waals surface area contributed by atoms with E-state index in [1.54, 1.807) is 0 Å². The highest BCUT2D eigenvalue weighted by molar-refractivity contribution is 9.10. The maximum absolute atomic E-state index is 4.24. The van der Waals surface area contributed by atoms with E-state index in [2.05, 4.69) is 59.1 Å². The molecule has 0 fully saturated rings. The Labute approximate surface area is 104 Å². The van der Waals surface area contributed by atoms with E-state index in [1.165, 1.54) is 11.1 Å². The summed E-state index contributed by atoms with van der Waals surface area (Å²) in [7, 11) is 0. The van der Waals surface area contributed by atoms with Crippen LogP contribution in [0, 0.1) is 0 Å². The van der Waals surface area contributed by atoms with Gasteiger partial charge in [0.1, 0.15) is 0 Å². The molecule has 0 N–H and O–H groups in total. The number of halogens is 1. The monoisotopic (exact) mass is 278 g/mol. The molecule has 0 radical (unpaired) electrons. The third-order valence-electron chi connectivity index (χ3n) is 2.59. The van der Waals surface area contributed by atoms with Crippen LogP contribution in [0.2, 0.25) is 0 Å². The van der Waals surface area contributed by atoms with Crippen LogP contribution in [0.3, 0.4) is 0 Å². The summed E-state index contributed by atoms with van der Waals surface area (Å²) in [6.45, 7) is 5.24. The fourth-order valence-electron chi connectivity index (χ4n) is 1.62. The average Bonchev–Trinajstić information content (AvgIpc) is 2.65. The molecular weight excluding hydrogens is 264 g/mol. The summed E-state index contributed by atoms with van der Waals surface area (Å²) in [5, 5.41) is 4.24. The van der Waals surface area contributed by atoms with Crippen molar-refractivity contribution in [2.45, 2.75) is 26.3 Å². The van der Waals surface area contributed by atoms with Gasteiger partial charge in [0.05, 0.1) is 17.2 Å². The molecule has 0 bridgehead atoms. The lowest BCUT2D eigenvalue weighted by molar-refractivity contribution is 0.686. The van der Waals surface area contributed by atoms with E-state index in [1.807, 2.05) is 17.1 Å². The third-order valence-corrected chi connectivity index (χ3v) is 3.00. The Morgan fingerprint density at radius 3 is 2.44 bits per heavy atom. The molecule has 1 heterocycles. The van der Waals surface area contributed by atoms with E-state index in [0.717, 1.165) is 11.0 Å². The van der Waals surface area contributed by atoms with Crippen molar-refractivity contribution in [3.8, 4) is 0 Å². The summed E-state index contributed by atoms with van der Waals surface area (Å²) in [5.74, 6) is 0.591. The quantitative estimate of drug-likeness (QED) is 0.835. The zero-order chi connectivity index (χ0) is 11.5. The normalized spacial score (nSPS) is 11.0. The highest BCUT2D eigenvalue weighted by atomic mass is 79.9. The van der Waals surface area contributed by atoms with Gasteiger partial charge in [-0.15, -0.1) is 0 Å². The molecular formula is C13H15BrN2. The molecule has 2 rings (SSSR count). The lowest BCUT2D eigenvalue weighted by Crippen LogP contribution is -2.00. The van der Waals surface area contributed by atoms with Gasteiger partial charge in [-0.2, -0.15) is 5.10 Å². The Bertz CT molecular complexity index is 457. The predicted molar refractivity (Wildman–Crippen MR) is 69.6 cm³/mol. The fourth-order valence-corrected chi connectivity index (χ4v) is 1.95. The number of hydrogen-bond donors (Lipinski definition) is 0. The topological polar surface area (TPSA) is 17.8 Å². The van der Waals surface area contributed by atoms with E-state index in [-0.39, 0.29) is 0 Å². The zero-order valence-electron chi connectivity index (χ0n) is 9.52. The van der Waals surface area contributed by atoms with Crippen LogP contribution in [-0.2, 0) is 6.54 Å². The highest BCUT2D eigenvalue weighted by Crippen LogP contribution is 2.15.